The minimum atomic E-state index is -0.00726. The van der Waals surface area contributed by atoms with Crippen LogP contribution in [0.5, 0.6) is 5.75 Å². The standard InChI is InChI=1S/C13H18N2O2/c1-9(14(2)3)10-5-6-12-11(7-10)15(4)13(16)8-17-12/h5-7,9H,8H2,1-4H3. The molecule has 1 atom stereocenters. The molecule has 0 bridgehead atoms. The monoisotopic (exact) mass is 234 g/mol. The van der Waals surface area contributed by atoms with Crippen LogP contribution in [0.1, 0.15) is 18.5 Å². The second-order valence-corrected chi connectivity index (χ2v) is 4.61. The van der Waals surface area contributed by atoms with Crippen LogP contribution in [0.25, 0.3) is 0 Å². The highest BCUT2D eigenvalue weighted by molar-refractivity contribution is 5.97. The molecule has 4 heteroatoms. The number of carbonyl (C=O) groups excluding carboxylic acids is 1. The van der Waals surface area contributed by atoms with Crippen molar-refractivity contribution in [3.63, 3.8) is 0 Å². The van der Waals surface area contributed by atoms with Crippen molar-refractivity contribution in [2.24, 2.45) is 0 Å². The molecule has 0 radical (unpaired) electrons. The van der Waals surface area contributed by atoms with Gasteiger partial charge in [-0.3, -0.25) is 4.79 Å². The first-order valence-electron chi connectivity index (χ1n) is 5.70. The maximum atomic E-state index is 11.6. The molecule has 0 spiro atoms. The van der Waals surface area contributed by atoms with Gasteiger partial charge in [-0.1, -0.05) is 6.07 Å². The predicted octanol–water partition coefficient (Wildman–Crippen LogP) is 1.66. The van der Waals surface area contributed by atoms with Gasteiger partial charge in [0.1, 0.15) is 5.75 Å². The van der Waals surface area contributed by atoms with Crippen LogP contribution in [0.3, 0.4) is 0 Å². The van der Waals surface area contributed by atoms with Crippen molar-refractivity contribution in [1.29, 1.82) is 0 Å². The Morgan fingerprint density at radius 3 is 2.76 bits per heavy atom. The van der Waals surface area contributed by atoms with Crippen molar-refractivity contribution in [2.45, 2.75) is 13.0 Å². The number of anilines is 1. The quantitative estimate of drug-likeness (QED) is 0.780. The molecule has 0 N–H and O–H groups in total. The molecule has 1 heterocycles. The van der Waals surface area contributed by atoms with Crippen molar-refractivity contribution in [1.82, 2.24) is 4.90 Å². The summed E-state index contributed by atoms with van der Waals surface area (Å²) in [5.74, 6) is 0.772. The van der Waals surface area contributed by atoms with Crippen molar-refractivity contribution in [3.8, 4) is 5.75 Å². The van der Waals surface area contributed by atoms with Crippen LogP contribution in [0.4, 0.5) is 5.69 Å². The van der Waals surface area contributed by atoms with E-state index in [0.29, 0.717) is 6.04 Å². The van der Waals surface area contributed by atoms with Crippen LogP contribution in [0, 0.1) is 0 Å². The molecule has 0 saturated carbocycles. The molecule has 4 nitrogen and oxygen atoms in total. The Kier molecular flexibility index (Phi) is 3.07. The number of hydrogen-bond donors (Lipinski definition) is 0. The fraction of sp³-hybridized carbons (Fsp3) is 0.462. The SMILES string of the molecule is CC(c1ccc2c(c1)N(C)C(=O)CO2)N(C)C. The van der Waals surface area contributed by atoms with Gasteiger partial charge in [0.2, 0.25) is 0 Å². The summed E-state index contributed by atoms with van der Waals surface area (Å²) in [5.41, 5.74) is 2.03. The van der Waals surface area contributed by atoms with Crippen molar-refractivity contribution >= 4 is 11.6 Å². The molecule has 1 aliphatic heterocycles. The normalized spacial score (nSPS) is 16.8. The summed E-state index contributed by atoms with van der Waals surface area (Å²) in [5, 5.41) is 0. The highest BCUT2D eigenvalue weighted by atomic mass is 16.5. The highest BCUT2D eigenvalue weighted by Crippen LogP contribution is 2.34. The molecule has 1 aliphatic rings. The van der Waals surface area contributed by atoms with Gasteiger partial charge in [-0.25, -0.2) is 0 Å². The Morgan fingerprint density at radius 1 is 1.41 bits per heavy atom. The predicted molar refractivity (Wildman–Crippen MR) is 67.4 cm³/mol. The van der Waals surface area contributed by atoms with E-state index in [4.69, 9.17) is 4.74 Å². The van der Waals surface area contributed by atoms with Crippen LogP contribution in [-0.2, 0) is 4.79 Å². The van der Waals surface area contributed by atoms with Gasteiger partial charge >= 0.3 is 0 Å². The van der Waals surface area contributed by atoms with E-state index in [2.05, 4.69) is 11.8 Å². The number of likely N-dealkylation sites (N-methyl/N-ethyl adjacent to an activating group) is 1. The molecule has 0 aromatic heterocycles. The fourth-order valence-electron chi connectivity index (χ4n) is 1.85. The number of amides is 1. The molecule has 1 unspecified atom stereocenters. The topological polar surface area (TPSA) is 32.8 Å². The maximum Gasteiger partial charge on any atom is 0.264 e. The second kappa shape index (κ2) is 4.37. The van der Waals surface area contributed by atoms with E-state index in [0.717, 1.165) is 11.4 Å². The third-order valence-corrected chi connectivity index (χ3v) is 3.33. The Balaban J connectivity index is 2.39. The zero-order valence-corrected chi connectivity index (χ0v) is 10.7. The van der Waals surface area contributed by atoms with E-state index < -0.39 is 0 Å². The molecule has 1 aromatic carbocycles. The Hall–Kier alpha value is -1.55. The number of carbonyl (C=O) groups is 1. The molecule has 0 aliphatic carbocycles. The molecule has 0 fully saturated rings. The van der Waals surface area contributed by atoms with Crippen LogP contribution >= 0.6 is 0 Å². The lowest BCUT2D eigenvalue weighted by Crippen LogP contribution is -2.35. The summed E-state index contributed by atoms with van der Waals surface area (Å²) in [6.45, 7) is 2.26. The van der Waals surface area contributed by atoms with Crippen LogP contribution in [0.15, 0.2) is 18.2 Å². The third kappa shape index (κ3) is 2.13. The molecular weight excluding hydrogens is 216 g/mol. The van der Waals surface area contributed by atoms with Gasteiger partial charge in [0.15, 0.2) is 6.61 Å². The van der Waals surface area contributed by atoms with Crippen molar-refractivity contribution in [3.05, 3.63) is 23.8 Å². The summed E-state index contributed by atoms with van der Waals surface area (Å²) in [7, 11) is 5.86. The zero-order valence-electron chi connectivity index (χ0n) is 10.7. The summed E-state index contributed by atoms with van der Waals surface area (Å²) in [6, 6.07) is 6.32. The minimum absolute atomic E-state index is 0.00726. The average Bonchev–Trinajstić information content (AvgIpc) is 2.32. The van der Waals surface area contributed by atoms with Gasteiger partial charge in [0, 0.05) is 13.1 Å². The van der Waals surface area contributed by atoms with Crippen molar-refractivity contribution < 1.29 is 9.53 Å². The van der Waals surface area contributed by atoms with Gasteiger partial charge in [-0.15, -0.1) is 0 Å². The second-order valence-electron chi connectivity index (χ2n) is 4.61. The van der Waals surface area contributed by atoms with E-state index in [-0.39, 0.29) is 12.5 Å². The van der Waals surface area contributed by atoms with Gasteiger partial charge in [0.05, 0.1) is 5.69 Å². The molecule has 2 rings (SSSR count). The smallest absolute Gasteiger partial charge is 0.264 e. The van der Waals surface area contributed by atoms with Gasteiger partial charge in [-0.05, 0) is 38.7 Å². The van der Waals surface area contributed by atoms with Crippen LogP contribution in [-0.4, -0.2) is 38.6 Å². The fourth-order valence-corrected chi connectivity index (χ4v) is 1.85. The van der Waals surface area contributed by atoms with E-state index >= 15 is 0 Å². The number of ether oxygens (including phenoxy) is 1. The Morgan fingerprint density at radius 2 is 2.12 bits per heavy atom. The number of nitrogens with zero attached hydrogens (tertiary/aromatic N) is 2. The average molecular weight is 234 g/mol. The number of hydrogen-bond acceptors (Lipinski definition) is 3. The van der Waals surface area contributed by atoms with Crippen molar-refractivity contribution in [2.75, 3.05) is 32.6 Å². The number of fused-ring (bicyclic) bond motifs is 1. The van der Waals surface area contributed by atoms with E-state index in [1.165, 1.54) is 5.56 Å². The zero-order chi connectivity index (χ0) is 12.6. The molecule has 17 heavy (non-hydrogen) atoms. The third-order valence-electron chi connectivity index (χ3n) is 3.33. The molecule has 92 valence electrons. The summed E-state index contributed by atoms with van der Waals surface area (Å²) >= 11 is 0. The summed E-state index contributed by atoms with van der Waals surface area (Å²) in [4.78, 5) is 15.4. The van der Waals surface area contributed by atoms with Gasteiger partial charge in [-0.2, -0.15) is 0 Å². The largest absolute Gasteiger partial charge is 0.482 e. The first-order valence-corrected chi connectivity index (χ1v) is 5.70. The van der Waals surface area contributed by atoms with E-state index in [1.54, 1.807) is 11.9 Å². The lowest BCUT2D eigenvalue weighted by molar-refractivity contribution is -0.120. The minimum Gasteiger partial charge on any atom is -0.482 e. The summed E-state index contributed by atoms with van der Waals surface area (Å²) < 4.78 is 5.40. The Bertz CT molecular complexity index is 443. The van der Waals surface area contributed by atoms with E-state index in [9.17, 15) is 4.79 Å². The molecular formula is C13H18N2O2. The number of benzene rings is 1. The molecule has 1 amide bonds. The summed E-state index contributed by atoms with van der Waals surface area (Å²) in [6.07, 6.45) is 0. The molecule has 0 saturated heterocycles. The maximum absolute atomic E-state index is 11.6. The van der Waals surface area contributed by atoms with Gasteiger partial charge in [0.25, 0.3) is 5.91 Å². The van der Waals surface area contributed by atoms with Crippen LogP contribution < -0.4 is 9.64 Å². The number of rotatable bonds is 2. The first-order chi connectivity index (χ1) is 8.00. The lowest BCUT2D eigenvalue weighted by Gasteiger charge is -2.28. The lowest BCUT2D eigenvalue weighted by atomic mass is 10.1. The molecule has 1 aromatic rings. The highest BCUT2D eigenvalue weighted by Gasteiger charge is 2.23. The van der Waals surface area contributed by atoms with Crippen LogP contribution in [0.2, 0.25) is 0 Å². The van der Waals surface area contributed by atoms with E-state index in [1.807, 2.05) is 32.3 Å². The Labute approximate surface area is 102 Å². The first kappa shape index (κ1) is 11.9. The van der Waals surface area contributed by atoms with Gasteiger partial charge < -0.3 is 14.5 Å².